The van der Waals surface area contributed by atoms with Gasteiger partial charge in [-0.2, -0.15) is 0 Å². The predicted molar refractivity (Wildman–Crippen MR) is 115 cm³/mol. The Balaban J connectivity index is 1.75. The molecule has 25 heavy (non-hydrogen) atoms. The zero-order valence-corrected chi connectivity index (χ0v) is 18.6. The second kappa shape index (κ2) is 12.5. The number of hydrogen-bond donors (Lipinski definition) is 1. The summed E-state index contributed by atoms with van der Waals surface area (Å²) in [5, 5.41) is 1.43. The van der Waals surface area contributed by atoms with E-state index < -0.39 is 7.32 Å². The second-order valence-electron chi connectivity index (χ2n) is 7.22. The first kappa shape index (κ1) is 22.3. The summed E-state index contributed by atoms with van der Waals surface area (Å²) in [7, 11) is -0.635. The van der Waals surface area contributed by atoms with Gasteiger partial charge in [-0.05, 0) is 46.5 Å². The van der Waals surface area contributed by atoms with Crippen molar-refractivity contribution in [3.05, 3.63) is 0 Å². The van der Waals surface area contributed by atoms with E-state index in [1.165, 1.54) is 64.2 Å². The summed E-state index contributed by atoms with van der Waals surface area (Å²) in [6.07, 6.45) is 13.4. The molecule has 146 valence electrons. The van der Waals surface area contributed by atoms with Crippen LogP contribution in [0.3, 0.4) is 0 Å². The van der Waals surface area contributed by atoms with Gasteiger partial charge in [-0.15, -0.1) is 36.2 Å². The van der Waals surface area contributed by atoms with Crippen LogP contribution in [0, 0.1) is 0 Å². The van der Waals surface area contributed by atoms with Gasteiger partial charge in [0, 0.05) is 10.5 Å². The number of rotatable bonds is 10. The highest BCUT2D eigenvalue weighted by atomic mass is 32.2. The highest BCUT2D eigenvalue weighted by Gasteiger charge is 2.31. The van der Waals surface area contributed by atoms with E-state index in [1.807, 2.05) is 30.4 Å². The lowest BCUT2D eigenvalue weighted by atomic mass is 10.0. The molecule has 0 bridgehead atoms. The lowest BCUT2D eigenvalue weighted by molar-refractivity contribution is 0.0810. The van der Waals surface area contributed by atoms with Crippen LogP contribution in [0.2, 0.25) is 0 Å². The number of thiol groups is 1. The standard InChI is InChI=1S/C18H35BO3S3/c1-14(23)20-19(21-15(2)24-17-10-6-4-7-11-17)22-16(3)25-18-12-8-5-9-13-18/h14-18,23H,4-13H2,1-3H3. The van der Waals surface area contributed by atoms with Crippen molar-refractivity contribution < 1.29 is 14.0 Å². The van der Waals surface area contributed by atoms with Crippen molar-refractivity contribution in [3.63, 3.8) is 0 Å². The van der Waals surface area contributed by atoms with E-state index >= 15 is 0 Å². The minimum atomic E-state index is -0.635. The lowest BCUT2D eigenvalue weighted by Crippen LogP contribution is -2.35. The van der Waals surface area contributed by atoms with Gasteiger partial charge in [0.2, 0.25) is 0 Å². The third kappa shape index (κ3) is 9.66. The van der Waals surface area contributed by atoms with Crippen LogP contribution in [-0.4, -0.2) is 34.1 Å². The first-order chi connectivity index (χ1) is 12.0. The fraction of sp³-hybridized carbons (Fsp3) is 1.00. The summed E-state index contributed by atoms with van der Waals surface area (Å²) in [6, 6.07) is 0. The van der Waals surface area contributed by atoms with E-state index in [2.05, 4.69) is 26.5 Å². The molecule has 0 saturated heterocycles. The van der Waals surface area contributed by atoms with Gasteiger partial charge in [0.05, 0.1) is 16.3 Å². The Morgan fingerprint density at radius 2 is 1.12 bits per heavy atom. The zero-order chi connectivity index (χ0) is 18.1. The highest BCUT2D eigenvalue weighted by molar-refractivity contribution is 8.00. The maximum absolute atomic E-state index is 6.08. The van der Waals surface area contributed by atoms with Crippen LogP contribution in [0.1, 0.15) is 85.0 Å². The van der Waals surface area contributed by atoms with Crippen molar-refractivity contribution in [1.82, 2.24) is 0 Å². The van der Waals surface area contributed by atoms with E-state index in [0.29, 0.717) is 10.5 Å². The molecule has 2 aliphatic carbocycles. The average Bonchev–Trinajstić information content (AvgIpc) is 2.55. The Morgan fingerprint density at radius 1 is 0.720 bits per heavy atom. The minimum Gasteiger partial charge on any atom is -0.374 e. The summed E-state index contributed by atoms with van der Waals surface area (Å²) in [5.74, 6) is 0. The topological polar surface area (TPSA) is 27.7 Å². The normalized spacial score (nSPS) is 24.0. The van der Waals surface area contributed by atoms with Crippen molar-refractivity contribution >= 4 is 43.5 Å². The third-order valence-corrected chi connectivity index (χ3v) is 7.61. The monoisotopic (exact) mass is 406 g/mol. The molecule has 2 aliphatic rings. The molecule has 0 amide bonds. The van der Waals surface area contributed by atoms with Crippen LogP contribution >= 0.6 is 36.2 Å². The molecule has 0 aromatic rings. The molecule has 3 unspecified atom stereocenters. The quantitative estimate of drug-likeness (QED) is 0.268. The molecule has 0 aromatic carbocycles. The van der Waals surface area contributed by atoms with Crippen LogP contribution in [0.15, 0.2) is 0 Å². The van der Waals surface area contributed by atoms with Gasteiger partial charge in [-0.25, -0.2) is 0 Å². The summed E-state index contributed by atoms with van der Waals surface area (Å²) in [5.41, 5.74) is -0.0529. The van der Waals surface area contributed by atoms with E-state index in [-0.39, 0.29) is 16.3 Å². The fourth-order valence-corrected chi connectivity index (χ4v) is 6.28. The van der Waals surface area contributed by atoms with E-state index in [1.54, 1.807) is 0 Å². The van der Waals surface area contributed by atoms with Crippen LogP contribution in [-0.2, 0) is 14.0 Å². The lowest BCUT2D eigenvalue weighted by Gasteiger charge is -2.28. The summed E-state index contributed by atoms with van der Waals surface area (Å²) in [6.45, 7) is 6.13. The predicted octanol–water partition coefficient (Wildman–Crippen LogP) is 6.12. The van der Waals surface area contributed by atoms with Crippen LogP contribution in [0.4, 0.5) is 0 Å². The number of hydrogen-bond acceptors (Lipinski definition) is 6. The molecular weight excluding hydrogens is 371 g/mol. The molecule has 3 atom stereocenters. The Bertz CT molecular complexity index is 322. The molecule has 0 aromatic heterocycles. The van der Waals surface area contributed by atoms with Gasteiger partial charge in [0.25, 0.3) is 0 Å². The molecule has 3 nitrogen and oxygen atoms in total. The molecule has 0 heterocycles. The van der Waals surface area contributed by atoms with Gasteiger partial charge < -0.3 is 14.0 Å². The Morgan fingerprint density at radius 3 is 1.48 bits per heavy atom. The van der Waals surface area contributed by atoms with Crippen molar-refractivity contribution in [2.24, 2.45) is 0 Å². The fourth-order valence-electron chi connectivity index (χ4n) is 3.58. The van der Waals surface area contributed by atoms with E-state index in [0.717, 1.165) is 0 Å². The van der Waals surface area contributed by atoms with Crippen LogP contribution in [0.25, 0.3) is 0 Å². The smallest absolute Gasteiger partial charge is 0.374 e. The molecule has 2 fully saturated rings. The average molecular weight is 406 g/mol. The van der Waals surface area contributed by atoms with Gasteiger partial charge in [0.1, 0.15) is 0 Å². The summed E-state index contributed by atoms with van der Waals surface area (Å²) in [4.78, 5) is 0. The zero-order valence-electron chi connectivity index (χ0n) is 16.0. The summed E-state index contributed by atoms with van der Waals surface area (Å²) >= 11 is 8.20. The molecule has 7 heteroatoms. The maximum atomic E-state index is 6.08. The van der Waals surface area contributed by atoms with Gasteiger partial charge in [-0.3, -0.25) is 0 Å². The largest absolute Gasteiger partial charge is 0.641 e. The van der Waals surface area contributed by atoms with Crippen molar-refractivity contribution in [1.29, 1.82) is 0 Å². The Labute approximate surface area is 169 Å². The third-order valence-electron chi connectivity index (χ3n) is 4.79. The van der Waals surface area contributed by atoms with Crippen molar-refractivity contribution in [2.45, 2.75) is 112 Å². The second-order valence-corrected chi connectivity index (χ2v) is 11.2. The molecular formula is C18H35BO3S3. The molecule has 0 spiro atoms. The van der Waals surface area contributed by atoms with E-state index in [9.17, 15) is 0 Å². The summed E-state index contributed by atoms with van der Waals surface area (Å²) < 4.78 is 17.9. The molecule has 2 rings (SSSR count). The number of thioether (sulfide) groups is 2. The van der Waals surface area contributed by atoms with Crippen molar-refractivity contribution in [2.75, 3.05) is 0 Å². The Kier molecular flexibility index (Phi) is 11.1. The minimum absolute atomic E-state index is 0.0760. The van der Waals surface area contributed by atoms with E-state index in [4.69, 9.17) is 14.0 Å². The Hall–Kier alpha value is 0.995. The SMILES string of the molecule is CC(S)OB(OC(C)SC1CCCCC1)OC(C)SC1CCCCC1. The van der Waals surface area contributed by atoms with Crippen molar-refractivity contribution in [3.8, 4) is 0 Å². The first-order valence-corrected chi connectivity index (χ1v) is 12.4. The van der Waals surface area contributed by atoms with Gasteiger partial charge >= 0.3 is 7.32 Å². The molecule has 0 radical (unpaired) electrons. The first-order valence-electron chi connectivity index (χ1n) is 9.98. The molecule has 2 saturated carbocycles. The van der Waals surface area contributed by atoms with Gasteiger partial charge in [-0.1, -0.05) is 38.5 Å². The van der Waals surface area contributed by atoms with Crippen LogP contribution < -0.4 is 0 Å². The molecule has 0 aliphatic heterocycles. The highest BCUT2D eigenvalue weighted by Crippen LogP contribution is 2.33. The van der Waals surface area contributed by atoms with Gasteiger partial charge in [0.15, 0.2) is 0 Å². The van der Waals surface area contributed by atoms with Crippen LogP contribution in [0.5, 0.6) is 0 Å². The molecule has 0 N–H and O–H groups in total. The maximum Gasteiger partial charge on any atom is 0.641 e.